The number of hydrogen-bond donors (Lipinski definition) is 0. The molecule has 0 fully saturated rings. The molecule has 3 aromatic rings. The van der Waals surface area contributed by atoms with Crippen LogP contribution in [0.5, 0.6) is 0 Å². The molecule has 2 heterocycles. The number of ketones is 1. The number of Topliss-reactive ketones (excluding diaryl/α,β-unsaturated/α-hetero) is 1. The van der Waals surface area contributed by atoms with Gasteiger partial charge in [0.1, 0.15) is 5.82 Å². The van der Waals surface area contributed by atoms with Crippen molar-refractivity contribution in [2.45, 2.75) is 33.6 Å². The van der Waals surface area contributed by atoms with Crippen LogP contribution in [0.3, 0.4) is 0 Å². The number of fused-ring (bicyclic) bond motifs is 2. The number of aromatic nitrogens is 2. The molecule has 0 radical (unpaired) electrons. The topological polar surface area (TPSA) is 87.5 Å². The molecule has 0 bridgehead atoms. The molecule has 1 aliphatic carbocycles. The first-order valence-corrected chi connectivity index (χ1v) is 10.3. The van der Waals surface area contributed by atoms with E-state index in [2.05, 4.69) is 4.98 Å². The van der Waals surface area contributed by atoms with Gasteiger partial charge in [-0.15, -0.1) is 0 Å². The Bertz CT molecular complexity index is 1180. The zero-order valence-electron chi connectivity index (χ0n) is 17.8. The van der Waals surface area contributed by atoms with E-state index in [0.717, 1.165) is 22.0 Å². The predicted octanol–water partition coefficient (Wildman–Crippen LogP) is 3.44. The summed E-state index contributed by atoms with van der Waals surface area (Å²) in [5.41, 5.74) is 1.74. The molecule has 0 amide bonds. The quantitative estimate of drug-likeness (QED) is 0.345. The van der Waals surface area contributed by atoms with Crippen LogP contribution in [0.2, 0.25) is 0 Å². The maximum Gasteiger partial charge on any atom is 0.324 e. The van der Waals surface area contributed by atoms with Gasteiger partial charge in [0.25, 0.3) is 0 Å². The standard InChI is InChI=1S/C24H24N2O5/c1-4-30-22(28)24(23(29)31-5-2)11-16-10-21(25-13-17(16)12-24)26-14-19(15(3)27)18-8-6-7-9-20(18)26/h6-10,13-14H,4-5,11-12H2,1-3H3. The molecule has 1 aliphatic rings. The summed E-state index contributed by atoms with van der Waals surface area (Å²) >= 11 is 0. The normalized spacial score (nSPS) is 14.3. The molecule has 1 aromatic carbocycles. The van der Waals surface area contributed by atoms with E-state index < -0.39 is 17.4 Å². The highest BCUT2D eigenvalue weighted by Crippen LogP contribution is 2.40. The number of nitrogens with zero attached hydrogens (tertiary/aromatic N) is 2. The van der Waals surface area contributed by atoms with Gasteiger partial charge in [-0.05, 0) is 50.5 Å². The first kappa shape index (κ1) is 20.8. The van der Waals surface area contributed by atoms with Crippen molar-refractivity contribution in [3.8, 4) is 5.82 Å². The number of carbonyl (C=O) groups is 3. The Labute approximate surface area is 180 Å². The monoisotopic (exact) mass is 420 g/mol. The van der Waals surface area contributed by atoms with Crippen LogP contribution in [-0.4, -0.2) is 40.5 Å². The predicted molar refractivity (Wildman–Crippen MR) is 114 cm³/mol. The molecule has 0 unspecified atom stereocenters. The third-order valence-corrected chi connectivity index (χ3v) is 5.72. The lowest BCUT2D eigenvalue weighted by Gasteiger charge is -2.23. The largest absolute Gasteiger partial charge is 0.465 e. The van der Waals surface area contributed by atoms with Gasteiger partial charge in [0.2, 0.25) is 0 Å². The lowest BCUT2D eigenvalue weighted by atomic mass is 9.85. The highest BCUT2D eigenvalue weighted by atomic mass is 16.6. The van der Waals surface area contributed by atoms with Gasteiger partial charge in [-0.2, -0.15) is 0 Å². The fourth-order valence-electron chi connectivity index (χ4n) is 4.24. The van der Waals surface area contributed by atoms with Crippen molar-refractivity contribution in [1.29, 1.82) is 0 Å². The Kier molecular flexibility index (Phi) is 5.35. The second-order valence-electron chi connectivity index (χ2n) is 7.67. The Morgan fingerprint density at radius 3 is 2.32 bits per heavy atom. The van der Waals surface area contributed by atoms with Gasteiger partial charge in [0, 0.05) is 29.8 Å². The summed E-state index contributed by atoms with van der Waals surface area (Å²) in [6, 6.07) is 9.50. The van der Waals surface area contributed by atoms with Crippen LogP contribution in [0.4, 0.5) is 0 Å². The second-order valence-corrected chi connectivity index (χ2v) is 7.67. The van der Waals surface area contributed by atoms with Crippen LogP contribution in [-0.2, 0) is 31.9 Å². The number of ether oxygens (including phenoxy) is 2. The minimum absolute atomic E-state index is 0.0280. The van der Waals surface area contributed by atoms with Crippen LogP contribution in [0, 0.1) is 5.41 Å². The molecular weight excluding hydrogens is 396 g/mol. The third kappa shape index (κ3) is 3.40. The minimum atomic E-state index is -1.39. The van der Waals surface area contributed by atoms with Crippen LogP contribution in [0.15, 0.2) is 42.7 Å². The number of carbonyl (C=O) groups excluding carboxylic acids is 3. The maximum absolute atomic E-state index is 12.8. The number of benzene rings is 1. The summed E-state index contributed by atoms with van der Waals surface area (Å²) in [6.07, 6.45) is 3.85. The third-order valence-electron chi connectivity index (χ3n) is 5.72. The molecule has 0 N–H and O–H groups in total. The highest BCUT2D eigenvalue weighted by Gasteiger charge is 2.53. The molecule has 0 aliphatic heterocycles. The Hall–Kier alpha value is -3.48. The van der Waals surface area contributed by atoms with E-state index in [9.17, 15) is 14.4 Å². The molecule has 7 heteroatoms. The van der Waals surface area contributed by atoms with Gasteiger partial charge < -0.3 is 14.0 Å². The van der Waals surface area contributed by atoms with E-state index in [-0.39, 0.29) is 31.8 Å². The van der Waals surface area contributed by atoms with Crippen LogP contribution in [0.25, 0.3) is 16.7 Å². The maximum atomic E-state index is 12.8. The Morgan fingerprint density at radius 2 is 1.68 bits per heavy atom. The first-order chi connectivity index (χ1) is 14.9. The summed E-state index contributed by atoms with van der Waals surface area (Å²) in [4.78, 5) is 42.2. The molecule has 7 nitrogen and oxygen atoms in total. The van der Waals surface area contributed by atoms with Crippen LogP contribution < -0.4 is 0 Å². The van der Waals surface area contributed by atoms with Gasteiger partial charge in [0.15, 0.2) is 11.2 Å². The lowest BCUT2D eigenvalue weighted by molar-refractivity contribution is -0.171. The minimum Gasteiger partial charge on any atom is -0.465 e. The SMILES string of the molecule is CCOC(=O)C1(C(=O)OCC)Cc2cnc(-n3cc(C(C)=O)c4ccccc43)cc2C1. The second kappa shape index (κ2) is 7.98. The van der Waals surface area contributed by atoms with Gasteiger partial charge in [-0.1, -0.05) is 18.2 Å². The van der Waals surface area contributed by atoms with E-state index in [4.69, 9.17) is 9.47 Å². The van der Waals surface area contributed by atoms with Gasteiger partial charge in [-0.25, -0.2) is 4.98 Å². The molecule has 0 atom stereocenters. The van der Waals surface area contributed by atoms with E-state index >= 15 is 0 Å². The van der Waals surface area contributed by atoms with Gasteiger partial charge >= 0.3 is 11.9 Å². The molecular formula is C24H24N2O5. The van der Waals surface area contributed by atoms with Crippen LogP contribution in [0.1, 0.15) is 42.3 Å². The number of hydrogen-bond acceptors (Lipinski definition) is 6. The van der Waals surface area contributed by atoms with Crippen molar-refractivity contribution in [3.63, 3.8) is 0 Å². The molecule has 31 heavy (non-hydrogen) atoms. The number of esters is 2. The molecule has 0 spiro atoms. The number of rotatable bonds is 6. The highest BCUT2D eigenvalue weighted by molar-refractivity contribution is 6.07. The van der Waals surface area contributed by atoms with Crippen molar-refractivity contribution in [2.75, 3.05) is 13.2 Å². The average Bonchev–Trinajstić information content (AvgIpc) is 3.33. The first-order valence-electron chi connectivity index (χ1n) is 10.3. The fourth-order valence-corrected chi connectivity index (χ4v) is 4.24. The van der Waals surface area contributed by atoms with E-state index in [1.165, 1.54) is 6.92 Å². The van der Waals surface area contributed by atoms with E-state index in [1.54, 1.807) is 26.2 Å². The molecule has 0 saturated carbocycles. The fraction of sp³-hybridized carbons (Fsp3) is 0.333. The summed E-state index contributed by atoms with van der Waals surface area (Å²) in [6.45, 7) is 5.33. The smallest absolute Gasteiger partial charge is 0.324 e. The summed E-state index contributed by atoms with van der Waals surface area (Å²) in [7, 11) is 0. The van der Waals surface area contributed by atoms with Crippen molar-refractivity contribution < 1.29 is 23.9 Å². The molecule has 2 aromatic heterocycles. The molecule has 0 saturated heterocycles. The summed E-state index contributed by atoms with van der Waals surface area (Å²) < 4.78 is 12.3. The van der Waals surface area contributed by atoms with Crippen molar-refractivity contribution in [2.24, 2.45) is 5.41 Å². The van der Waals surface area contributed by atoms with E-state index in [1.807, 2.05) is 34.9 Å². The van der Waals surface area contributed by atoms with E-state index in [0.29, 0.717) is 11.4 Å². The van der Waals surface area contributed by atoms with Crippen molar-refractivity contribution in [3.05, 3.63) is 59.4 Å². The Morgan fingerprint density at radius 1 is 1.03 bits per heavy atom. The zero-order valence-corrected chi connectivity index (χ0v) is 17.8. The van der Waals surface area contributed by atoms with Crippen molar-refractivity contribution in [1.82, 2.24) is 9.55 Å². The number of para-hydroxylation sites is 1. The van der Waals surface area contributed by atoms with Gasteiger partial charge in [0.05, 0.1) is 18.7 Å². The average molecular weight is 420 g/mol. The van der Waals surface area contributed by atoms with Crippen LogP contribution >= 0.6 is 0 Å². The lowest BCUT2D eigenvalue weighted by Crippen LogP contribution is -2.43. The zero-order chi connectivity index (χ0) is 22.2. The molecule has 160 valence electrons. The van der Waals surface area contributed by atoms with Crippen molar-refractivity contribution >= 4 is 28.6 Å². The number of pyridine rings is 1. The summed E-state index contributed by atoms with van der Waals surface area (Å²) in [5, 5.41) is 0.852. The van der Waals surface area contributed by atoms with Gasteiger partial charge in [-0.3, -0.25) is 14.4 Å². The molecule has 4 rings (SSSR count). The summed E-state index contributed by atoms with van der Waals surface area (Å²) in [5.74, 6) is -0.557. The Balaban J connectivity index is 1.78.